The molecule has 1 aliphatic rings. The van der Waals surface area contributed by atoms with Gasteiger partial charge in [0.2, 0.25) is 0 Å². The first kappa shape index (κ1) is 22.6. The van der Waals surface area contributed by atoms with Gasteiger partial charge in [-0.25, -0.2) is 0 Å². The molecule has 0 radical (unpaired) electrons. The topological polar surface area (TPSA) is 60.9 Å². The summed E-state index contributed by atoms with van der Waals surface area (Å²) in [5, 5.41) is 13.3. The maximum atomic E-state index is 13.1. The highest BCUT2D eigenvalue weighted by Crippen LogP contribution is 2.40. The van der Waals surface area contributed by atoms with Crippen LogP contribution in [0.25, 0.3) is 16.5 Å². The maximum absolute atomic E-state index is 13.1. The van der Waals surface area contributed by atoms with Gasteiger partial charge in [0.05, 0.1) is 11.6 Å². The molecule has 1 atom stereocenters. The van der Waals surface area contributed by atoms with E-state index in [0.29, 0.717) is 12.1 Å². The Morgan fingerprint density at radius 1 is 0.909 bits per heavy atom. The van der Waals surface area contributed by atoms with Crippen LogP contribution in [0.15, 0.2) is 72.3 Å². The largest absolute Gasteiger partial charge is 0.507 e. The van der Waals surface area contributed by atoms with Gasteiger partial charge in [0.1, 0.15) is 5.76 Å². The smallest absolute Gasteiger partial charge is 0.295 e. The Balaban J connectivity index is 1.83. The normalized spacial score (nSPS) is 17.7. The van der Waals surface area contributed by atoms with Crippen molar-refractivity contribution < 1.29 is 14.7 Å². The second kappa shape index (κ2) is 9.49. The monoisotopic (exact) mass is 442 g/mol. The van der Waals surface area contributed by atoms with E-state index in [9.17, 15) is 14.7 Å². The van der Waals surface area contributed by atoms with Gasteiger partial charge < -0.3 is 14.9 Å². The predicted octanol–water partition coefficient (Wildman–Crippen LogP) is 5.52. The fourth-order valence-electron chi connectivity index (χ4n) is 4.65. The van der Waals surface area contributed by atoms with Crippen molar-refractivity contribution in [3.8, 4) is 0 Å². The van der Waals surface area contributed by atoms with E-state index in [2.05, 4.69) is 18.7 Å². The molecule has 0 aromatic heterocycles. The van der Waals surface area contributed by atoms with Crippen molar-refractivity contribution in [3.05, 3.63) is 83.4 Å². The highest BCUT2D eigenvalue weighted by Gasteiger charge is 2.45. The number of amides is 1. The molecular formula is C28H30N2O3. The van der Waals surface area contributed by atoms with Gasteiger partial charge in [-0.15, -0.1) is 0 Å². The third-order valence-electron chi connectivity index (χ3n) is 6.36. The number of fused-ring (bicyclic) bond motifs is 1. The van der Waals surface area contributed by atoms with Crippen LogP contribution >= 0.6 is 0 Å². The SMILES string of the molecule is CCCN1C(=O)C(=O)/C(=C(\O)c2ccc3ccccc3c2)C1c1ccc(N(CC)CC)cc1. The number of carbonyl (C=O) groups excluding carboxylic acids is 2. The Morgan fingerprint density at radius 2 is 1.58 bits per heavy atom. The number of rotatable bonds is 7. The fraction of sp³-hybridized carbons (Fsp3) is 0.286. The predicted molar refractivity (Wildman–Crippen MR) is 133 cm³/mol. The van der Waals surface area contributed by atoms with Crippen LogP contribution in [0.4, 0.5) is 5.69 Å². The van der Waals surface area contributed by atoms with Gasteiger partial charge in [0.15, 0.2) is 0 Å². The molecule has 1 saturated heterocycles. The number of benzene rings is 3. The lowest BCUT2D eigenvalue weighted by Crippen LogP contribution is -2.30. The molecule has 33 heavy (non-hydrogen) atoms. The van der Waals surface area contributed by atoms with Gasteiger partial charge in [-0.2, -0.15) is 0 Å². The van der Waals surface area contributed by atoms with Gasteiger partial charge in [0, 0.05) is 30.9 Å². The minimum atomic E-state index is -0.632. The molecule has 0 bridgehead atoms. The molecule has 1 unspecified atom stereocenters. The van der Waals surface area contributed by atoms with E-state index in [1.165, 1.54) is 0 Å². The van der Waals surface area contributed by atoms with Crippen LogP contribution in [0, 0.1) is 0 Å². The zero-order valence-electron chi connectivity index (χ0n) is 19.4. The number of likely N-dealkylation sites (tertiary alicyclic amines) is 1. The lowest BCUT2D eigenvalue weighted by Gasteiger charge is -2.26. The molecule has 4 rings (SSSR count). The molecular weight excluding hydrogens is 412 g/mol. The van der Waals surface area contributed by atoms with E-state index in [0.717, 1.165) is 41.5 Å². The van der Waals surface area contributed by atoms with Crippen LogP contribution in [-0.4, -0.2) is 41.3 Å². The van der Waals surface area contributed by atoms with Gasteiger partial charge in [-0.05, 0) is 54.8 Å². The van der Waals surface area contributed by atoms with Crippen LogP contribution in [0.3, 0.4) is 0 Å². The summed E-state index contributed by atoms with van der Waals surface area (Å²) >= 11 is 0. The zero-order chi connectivity index (χ0) is 23.5. The molecule has 0 spiro atoms. The molecule has 3 aromatic rings. The zero-order valence-corrected chi connectivity index (χ0v) is 19.4. The van der Waals surface area contributed by atoms with Crippen LogP contribution in [0.1, 0.15) is 44.4 Å². The van der Waals surface area contributed by atoms with Crippen LogP contribution in [0.5, 0.6) is 0 Å². The molecule has 1 aliphatic heterocycles. The van der Waals surface area contributed by atoms with Crippen molar-refractivity contribution in [2.45, 2.75) is 33.2 Å². The van der Waals surface area contributed by atoms with Crippen molar-refractivity contribution >= 4 is 33.9 Å². The van der Waals surface area contributed by atoms with Crippen molar-refractivity contribution in [2.75, 3.05) is 24.5 Å². The fourth-order valence-corrected chi connectivity index (χ4v) is 4.65. The number of hydrogen-bond acceptors (Lipinski definition) is 4. The molecule has 3 aromatic carbocycles. The molecule has 5 heteroatoms. The summed E-state index contributed by atoms with van der Waals surface area (Å²) in [5.74, 6) is -1.32. The summed E-state index contributed by atoms with van der Waals surface area (Å²) in [5.41, 5.74) is 2.60. The van der Waals surface area contributed by atoms with E-state index in [1.807, 2.05) is 67.6 Å². The Labute approximate surface area is 194 Å². The molecule has 1 amide bonds. The number of hydrogen-bond donors (Lipinski definition) is 1. The highest BCUT2D eigenvalue weighted by atomic mass is 16.3. The number of carbonyl (C=O) groups is 2. The van der Waals surface area contributed by atoms with E-state index >= 15 is 0 Å². The van der Waals surface area contributed by atoms with Gasteiger partial charge in [0.25, 0.3) is 11.7 Å². The van der Waals surface area contributed by atoms with Crippen LogP contribution < -0.4 is 4.90 Å². The summed E-state index contributed by atoms with van der Waals surface area (Å²) in [7, 11) is 0. The molecule has 1 fully saturated rings. The first-order valence-electron chi connectivity index (χ1n) is 11.6. The summed E-state index contributed by atoms with van der Waals surface area (Å²) in [6.45, 7) is 8.43. The molecule has 5 nitrogen and oxygen atoms in total. The van der Waals surface area contributed by atoms with Crippen LogP contribution in [0.2, 0.25) is 0 Å². The quantitative estimate of drug-likeness (QED) is 0.297. The molecule has 1 N–H and O–H groups in total. The summed E-state index contributed by atoms with van der Waals surface area (Å²) in [6, 6.07) is 20.8. The minimum Gasteiger partial charge on any atom is -0.507 e. The summed E-state index contributed by atoms with van der Waals surface area (Å²) in [4.78, 5) is 29.9. The first-order chi connectivity index (χ1) is 16.0. The Kier molecular flexibility index (Phi) is 6.50. The molecule has 170 valence electrons. The van der Waals surface area contributed by atoms with E-state index < -0.39 is 17.7 Å². The lowest BCUT2D eigenvalue weighted by molar-refractivity contribution is -0.139. The lowest BCUT2D eigenvalue weighted by atomic mass is 9.94. The third kappa shape index (κ3) is 4.11. The van der Waals surface area contributed by atoms with Gasteiger partial charge in [-0.1, -0.05) is 55.5 Å². The number of Topliss-reactive ketones (excluding diaryl/α,β-unsaturated/α-hetero) is 1. The van der Waals surface area contributed by atoms with E-state index in [1.54, 1.807) is 11.0 Å². The number of aliphatic hydroxyl groups excluding tert-OH is 1. The van der Waals surface area contributed by atoms with Gasteiger partial charge >= 0.3 is 0 Å². The van der Waals surface area contributed by atoms with Crippen LogP contribution in [-0.2, 0) is 9.59 Å². The Morgan fingerprint density at radius 3 is 2.21 bits per heavy atom. The van der Waals surface area contributed by atoms with E-state index in [4.69, 9.17) is 0 Å². The van der Waals surface area contributed by atoms with Crippen molar-refractivity contribution in [2.24, 2.45) is 0 Å². The second-order valence-corrected chi connectivity index (χ2v) is 8.32. The van der Waals surface area contributed by atoms with E-state index in [-0.39, 0.29) is 11.3 Å². The third-order valence-corrected chi connectivity index (χ3v) is 6.36. The standard InChI is InChI=1S/C28H30N2O3/c1-4-17-30-25(20-13-15-23(16-14-20)29(5-2)6-3)24(27(32)28(30)33)26(31)22-12-11-19-9-7-8-10-21(19)18-22/h7-16,18,25,31H,4-6,17H2,1-3H3/b26-24-. The summed E-state index contributed by atoms with van der Waals surface area (Å²) in [6.07, 6.45) is 0.719. The maximum Gasteiger partial charge on any atom is 0.295 e. The van der Waals surface area contributed by atoms with Crippen molar-refractivity contribution in [3.63, 3.8) is 0 Å². The number of nitrogens with zero attached hydrogens (tertiary/aromatic N) is 2. The first-order valence-corrected chi connectivity index (χ1v) is 11.6. The average Bonchev–Trinajstić information content (AvgIpc) is 3.10. The Bertz CT molecular complexity index is 1210. The highest BCUT2D eigenvalue weighted by molar-refractivity contribution is 6.46. The summed E-state index contributed by atoms with van der Waals surface area (Å²) < 4.78 is 0. The second-order valence-electron chi connectivity index (χ2n) is 8.32. The average molecular weight is 443 g/mol. The molecule has 0 aliphatic carbocycles. The molecule has 0 saturated carbocycles. The molecule has 1 heterocycles. The number of ketones is 1. The van der Waals surface area contributed by atoms with Gasteiger partial charge in [-0.3, -0.25) is 9.59 Å². The Hall–Kier alpha value is -3.60. The number of anilines is 1. The minimum absolute atomic E-state index is 0.129. The number of aliphatic hydroxyl groups is 1. The van der Waals surface area contributed by atoms with Crippen molar-refractivity contribution in [1.29, 1.82) is 0 Å². The van der Waals surface area contributed by atoms with Crippen molar-refractivity contribution in [1.82, 2.24) is 4.90 Å².